The second-order valence-electron chi connectivity index (χ2n) is 8.50. The number of aliphatic hydroxyl groups excluding tert-OH is 1. The predicted octanol–water partition coefficient (Wildman–Crippen LogP) is 6.55. The Labute approximate surface area is 207 Å². The summed E-state index contributed by atoms with van der Waals surface area (Å²) in [5.41, 5.74) is 2.17. The van der Waals surface area contributed by atoms with E-state index in [1.54, 1.807) is 42.5 Å². The molecule has 0 aliphatic carbocycles. The van der Waals surface area contributed by atoms with E-state index in [9.17, 15) is 19.1 Å². The number of carbonyl (C=O) groups excluding carboxylic acids is 2. The van der Waals surface area contributed by atoms with Gasteiger partial charge in [0.2, 0.25) is 0 Å². The monoisotopic (exact) mass is 479 g/mol. The maximum Gasteiger partial charge on any atom is 0.300 e. The van der Waals surface area contributed by atoms with Crippen molar-refractivity contribution < 1.29 is 23.8 Å². The Balaban J connectivity index is 1.67. The Hall–Kier alpha value is -4.71. The first kappa shape index (κ1) is 23.1. The first-order chi connectivity index (χ1) is 17.4. The van der Waals surface area contributed by atoms with Crippen LogP contribution in [0.4, 0.5) is 10.1 Å². The van der Waals surface area contributed by atoms with Crippen molar-refractivity contribution in [1.82, 2.24) is 0 Å². The third-order valence-corrected chi connectivity index (χ3v) is 5.99. The Morgan fingerprint density at radius 3 is 2.25 bits per heavy atom. The number of rotatable bonds is 5. The van der Waals surface area contributed by atoms with Gasteiger partial charge in [0.1, 0.15) is 23.1 Å². The zero-order valence-electron chi connectivity index (χ0n) is 19.4. The van der Waals surface area contributed by atoms with Gasteiger partial charge in [0.15, 0.2) is 0 Å². The maximum atomic E-state index is 13.5. The highest BCUT2D eigenvalue weighted by atomic mass is 19.1. The Kier molecular flexibility index (Phi) is 6.09. The second kappa shape index (κ2) is 9.50. The molecular weight excluding hydrogens is 457 g/mol. The fourth-order valence-electron chi connectivity index (χ4n) is 4.33. The van der Waals surface area contributed by atoms with Gasteiger partial charge in [0.25, 0.3) is 11.7 Å². The quantitative estimate of drug-likeness (QED) is 0.200. The summed E-state index contributed by atoms with van der Waals surface area (Å²) >= 11 is 0. The third-order valence-electron chi connectivity index (χ3n) is 5.99. The molecule has 1 unspecified atom stereocenters. The molecule has 1 fully saturated rings. The van der Waals surface area contributed by atoms with Crippen molar-refractivity contribution in [1.29, 1.82) is 0 Å². The molecule has 1 N–H and O–H groups in total. The van der Waals surface area contributed by atoms with Crippen molar-refractivity contribution in [3.63, 3.8) is 0 Å². The van der Waals surface area contributed by atoms with Gasteiger partial charge in [-0.3, -0.25) is 14.5 Å². The summed E-state index contributed by atoms with van der Waals surface area (Å²) in [4.78, 5) is 28.0. The molecule has 36 heavy (non-hydrogen) atoms. The van der Waals surface area contributed by atoms with E-state index in [0.717, 1.165) is 5.56 Å². The molecule has 0 radical (unpaired) electrons. The topological polar surface area (TPSA) is 66.8 Å². The van der Waals surface area contributed by atoms with Crippen molar-refractivity contribution in [2.24, 2.45) is 0 Å². The molecule has 0 aromatic heterocycles. The zero-order valence-corrected chi connectivity index (χ0v) is 19.4. The first-order valence-corrected chi connectivity index (χ1v) is 11.4. The molecule has 1 atom stereocenters. The van der Waals surface area contributed by atoms with Gasteiger partial charge in [0.05, 0.1) is 11.6 Å². The number of anilines is 1. The molecule has 0 bridgehead atoms. The number of ketones is 1. The highest BCUT2D eigenvalue weighted by molar-refractivity contribution is 6.51. The largest absolute Gasteiger partial charge is 0.507 e. The fourth-order valence-corrected chi connectivity index (χ4v) is 4.33. The SMILES string of the molecule is Cc1cccc(N2C(=O)C(=O)/C(=C(\O)c3ccc(F)cc3)C2c2cccc(Oc3ccccc3)c2)c1. The van der Waals surface area contributed by atoms with Gasteiger partial charge in [-0.15, -0.1) is 0 Å². The number of nitrogens with zero attached hydrogens (tertiary/aromatic N) is 1. The van der Waals surface area contributed by atoms with E-state index in [2.05, 4.69) is 0 Å². The Morgan fingerprint density at radius 1 is 0.833 bits per heavy atom. The molecule has 0 spiro atoms. The molecule has 5 nitrogen and oxygen atoms in total. The molecule has 1 aliphatic rings. The van der Waals surface area contributed by atoms with E-state index in [1.165, 1.54) is 29.2 Å². The lowest BCUT2D eigenvalue weighted by Crippen LogP contribution is -2.29. The van der Waals surface area contributed by atoms with Crippen LogP contribution >= 0.6 is 0 Å². The minimum absolute atomic E-state index is 0.0787. The van der Waals surface area contributed by atoms with Crippen LogP contribution in [0.2, 0.25) is 0 Å². The van der Waals surface area contributed by atoms with Crippen LogP contribution in [0.5, 0.6) is 11.5 Å². The lowest BCUT2D eigenvalue weighted by atomic mass is 9.95. The molecule has 1 aliphatic heterocycles. The summed E-state index contributed by atoms with van der Waals surface area (Å²) in [6.45, 7) is 1.89. The number of ether oxygens (including phenoxy) is 1. The van der Waals surface area contributed by atoms with E-state index < -0.39 is 23.5 Å². The highest BCUT2D eigenvalue weighted by Crippen LogP contribution is 2.43. The second-order valence-corrected chi connectivity index (χ2v) is 8.50. The van der Waals surface area contributed by atoms with Crippen LogP contribution in [0.1, 0.15) is 22.7 Å². The van der Waals surface area contributed by atoms with E-state index in [-0.39, 0.29) is 16.9 Å². The standard InChI is InChI=1S/C30H22FNO4/c1-19-7-5-9-23(17-19)32-27(21-8-6-12-25(18-21)36-24-10-3-2-4-11-24)26(29(34)30(32)35)28(33)20-13-15-22(31)16-14-20/h2-18,27,33H,1H3/b28-26-. The van der Waals surface area contributed by atoms with Gasteiger partial charge >= 0.3 is 0 Å². The van der Waals surface area contributed by atoms with Gasteiger partial charge in [-0.2, -0.15) is 0 Å². The van der Waals surface area contributed by atoms with Crippen LogP contribution in [0.3, 0.4) is 0 Å². The number of hydrogen-bond acceptors (Lipinski definition) is 4. The van der Waals surface area contributed by atoms with Crippen LogP contribution in [0, 0.1) is 12.7 Å². The van der Waals surface area contributed by atoms with Crippen molar-refractivity contribution in [3.05, 3.63) is 131 Å². The minimum Gasteiger partial charge on any atom is -0.507 e. The number of Topliss-reactive ketones (excluding diaryl/α,β-unsaturated/α-hetero) is 1. The minimum atomic E-state index is -0.920. The van der Waals surface area contributed by atoms with Crippen LogP contribution in [-0.2, 0) is 9.59 Å². The van der Waals surface area contributed by atoms with Crippen molar-refractivity contribution >= 4 is 23.1 Å². The number of carbonyl (C=O) groups is 2. The molecule has 0 saturated carbocycles. The van der Waals surface area contributed by atoms with Crippen molar-refractivity contribution in [2.45, 2.75) is 13.0 Å². The fraction of sp³-hybridized carbons (Fsp3) is 0.0667. The average molecular weight is 480 g/mol. The summed E-state index contributed by atoms with van der Waals surface area (Å²) in [7, 11) is 0. The average Bonchev–Trinajstić information content (AvgIpc) is 3.15. The first-order valence-electron chi connectivity index (χ1n) is 11.4. The molecule has 1 saturated heterocycles. The summed E-state index contributed by atoms with van der Waals surface area (Å²) in [5.74, 6) is -1.29. The molecule has 1 amide bonds. The van der Waals surface area contributed by atoms with Gasteiger partial charge in [-0.25, -0.2) is 4.39 Å². The van der Waals surface area contributed by atoms with E-state index in [1.807, 2.05) is 43.3 Å². The van der Waals surface area contributed by atoms with Gasteiger partial charge in [-0.1, -0.05) is 42.5 Å². The number of amides is 1. The number of hydrogen-bond donors (Lipinski definition) is 1. The summed E-state index contributed by atoms with van der Waals surface area (Å²) in [6.07, 6.45) is 0. The van der Waals surface area contributed by atoms with Crippen LogP contribution in [0.15, 0.2) is 109 Å². The highest BCUT2D eigenvalue weighted by Gasteiger charge is 2.47. The van der Waals surface area contributed by atoms with E-state index in [0.29, 0.717) is 22.7 Å². The summed E-state index contributed by atoms with van der Waals surface area (Å²) in [6, 6.07) is 27.7. The zero-order chi connectivity index (χ0) is 25.2. The van der Waals surface area contributed by atoms with Crippen molar-refractivity contribution in [3.8, 4) is 11.5 Å². The predicted molar refractivity (Wildman–Crippen MR) is 135 cm³/mol. The van der Waals surface area contributed by atoms with Crippen LogP contribution < -0.4 is 9.64 Å². The number of halogens is 1. The Bertz CT molecular complexity index is 1480. The number of aryl methyl sites for hydroxylation is 1. The molecule has 4 aromatic rings. The lowest BCUT2D eigenvalue weighted by molar-refractivity contribution is -0.132. The summed E-state index contributed by atoms with van der Waals surface area (Å²) in [5, 5.41) is 11.2. The number of benzene rings is 4. The van der Waals surface area contributed by atoms with E-state index >= 15 is 0 Å². The van der Waals surface area contributed by atoms with Crippen LogP contribution in [-0.4, -0.2) is 16.8 Å². The molecule has 5 rings (SSSR count). The maximum absolute atomic E-state index is 13.5. The van der Waals surface area contributed by atoms with Gasteiger partial charge in [-0.05, 0) is 78.7 Å². The number of aliphatic hydroxyl groups is 1. The Morgan fingerprint density at radius 2 is 1.53 bits per heavy atom. The molecule has 1 heterocycles. The van der Waals surface area contributed by atoms with Gasteiger partial charge < -0.3 is 9.84 Å². The molecule has 178 valence electrons. The van der Waals surface area contributed by atoms with E-state index in [4.69, 9.17) is 4.74 Å². The molecular formula is C30H22FNO4. The van der Waals surface area contributed by atoms with Crippen molar-refractivity contribution in [2.75, 3.05) is 4.90 Å². The lowest BCUT2D eigenvalue weighted by Gasteiger charge is -2.26. The smallest absolute Gasteiger partial charge is 0.300 e. The third kappa shape index (κ3) is 4.36. The summed E-state index contributed by atoms with van der Waals surface area (Å²) < 4.78 is 19.5. The number of para-hydroxylation sites is 1. The molecule has 6 heteroatoms. The molecule has 4 aromatic carbocycles. The van der Waals surface area contributed by atoms with Gasteiger partial charge in [0, 0.05) is 11.3 Å². The normalized spacial score (nSPS) is 16.8. The van der Waals surface area contributed by atoms with Crippen LogP contribution in [0.25, 0.3) is 5.76 Å².